The number of benzene rings is 1. The van der Waals surface area contributed by atoms with Crippen LogP contribution < -0.4 is 0 Å². The van der Waals surface area contributed by atoms with Crippen LogP contribution in [0.15, 0.2) is 28.9 Å². The van der Waals surface area contributed by atoms with E-state index in [0.717, 1.165) is 24.9 Å². The lowest BCUT2D eigenvalue weighted by molar-refractivity contribution is 0.411. The van der Waals surface area contributed by atoms with Crippen LogP contribution in [0.1, 0.15) is 17.9 Å². The number of hydrogen-bond donors (Lipinski definition) is 0. The van der Waals surface area contributed by atoms with Crippen LogP contribution in [0.2, 0.25) is 0 Å². The van der Waals surface area contributed by atoms with Gasteiger partial charge in [-0.2, -0.15) is 0 Å². The zero-order chi connectivity index (χ0) is 11.1. The molecule has 0 unspecified atom stereocenters. The summed E-state index contributed by atoms with van der Waals surface area (Å²) < 4.78 is 18.4. The maximum absolute atomic E-state index is 13.0. The van der Waals surface area contributed by atoms with E-state index < -0.39 is 0 Å². The van der Waals surface area contributed by atoms with Gasteiger partial charge >= 0.3 is 0 Å². The van der Waals surface area contributed by atoms with Crippen molar-refractivity contribution in [3.05, 3.63) is 35.8 Å². The number of hydrogen-bond acceptors (Lipinski definition) is 2. The first-order chi connectivity index (χ1) is 7.74. The molecule has 1 atom stereocenters. The zero-order valence-corrected chi connectivity index (χ0v) is 9.24. The Labute approximate surface area is 93.7 Å². The fourth-order valence-corrected chi connectivity index (χ4v) is 2.53. The van der Waals surface area contributed by atoms with Gasteiger partial charge in [-0.05, 0) is 32.1 Å². The molecule has 16 heavy (non-hydrogen) atoms. The molecule has 1 aromatic carbocycles. The number of nitrogens with zero attached hydrogens (tertiary/aromatic N) is 1. The van der Waals surface area contributed by atoms with Gasteiger partial charge in [0, 0.05) is 29.5 Å². The van der Waals surface area contributed by atoms with Gasteiger partial charge in [0.2, 0.25) is 0 Å². The van der Waals surface area contributed by atoms with Crippen molar-refractivity contribution in [2.24, 2.45) is 0 Å². The molecule has 2 nitrogen and oxygen atoms in total. The van der Waals surface area contributed by atoms with E-state index in [1.54, 1.807) is 6.26 Å². The molecule has 1 fully saturated rings. The summed E-state index contributed by atoms with van der Waals surface area (Å²) in [5, 5.41) is 1.06. The van der Waals surface area contributed by atoms with Crippen LogP contribution in [0.25, 0.3) is 11.0 Å². The van der Waals surface area contributed by atoms with Crippen molar-refractivity contribution in [1.29, 1.82) is 0 Å². The number of likely N-dealkylation sites (N-methyl/N-ethyl adjacent to an activating group) is 1. The smallest absolute Gasteiger partial charge is 0.137 e. The standard InChI is InChI=1S/C13H14FNO/c1-15-5-4-9(7-15)12-8-16-13-6-10(14)2-3-11(12)13/h2-3,6,8-9H,4-5,7H2,1H3/t9-/m1/s1. The highest BCUT2D eigenvalue weighted by Gasteiger charge is 2.24. The molecule has 0 amide bonds. The lowest BCUT2D eigenvalue weighted by Crippen LogP contribution is -2.13. The molecule has 3 heteroatoms. The molecule has 1 aromatic heterocycles. The number of halogens is 1. The minimum Gasteiger partial charge on any atom is -0.464 e. The van der Waals surface area contributed by atoms with Gasteiger partial charge in [-0.15, -0.1) is 0 Å². The molecular formula is C13H14FNO. The average Bonchev–Trinajstić information content (AvgIpc) is 2.83. The molecule has 0 bridgehead atoms. The van der Waals surface area contributed by atoms with E-state index in [0.29, 0.717) is 11.5 Å². The lowest BCUT2D eigenvalue weighted by atomic mass is 9.98. The van der Waals surface area contributed by atoms with Gasteiger partial charge in [0.25, 0.3) is 0 Å². The van der Waals surface area contributed by atoms with Crippen LogP contribution in [0, 0.1) is 5.82 Å². The fourth-order valence-electron chi connectivity index (χ4n) is 2.53. The van der Waals surface area contributed by atoms with Gasteiger partial charge in [-0.3, -0.25) is 0 Å². The van der Waals surface area contributed by atoms with Gasteiger partial charge in [0.1, 0.15) is 11.4 Å². The number of fused-ring (bicyclic) bond motifs is 1. The number of furan rings is 1. The lowest BCUT2D eigenvalue weighted by Gasteiger charge is -2.08. The van der Waals surface area contributed by atoms with Crippen LogP contribution in [0.4, 0.5) is 4.39 Å². The number of rotatable bonds is 1. The maximum atomic E-state index is 13.0. The van der Waals surface area contributed by atoms with Crippen LogP contribution >= 0.6 is 0 Å². The third-order valence-electron chi connectivity index (χ3n) is 3.40. The molecular weight excluding hydrogens is 205 g/mol. The van der Waals surface area contributed by atoms with Gasteiger partial charge in [-0.1, -0.05) is 0 Å². The third kappa shape index (κ3) is 1.52. The molecule has 0 saturated carbocycles. The predicted octanol–water partition coefficient (Wildman–Crippen LogP) is 2.99. The number of likely N-dealkylation sites (tertiary alicyclic amines) is 1. The first-order valence-corrected chi connectivity index (χ1v) is 5.59. The normalized spacial score (nSPS) is 22.0. The van der Waals surface area contributed by atoms with Crippen molar-refractivity contribution in [2.45, 2.75) is 12.3 Å². The Hall–Kier alpha value is -1.35. The topological polar surface area (TPSA) is 16.4 Å². The van der Waals surface area contributed by atoms with Crippen LogP contribution in [0.5, 0.6) is 0 Å². The van der Waals surface area contributed by atoms with E-state index in [9.17, 15) is 4.39 Å². The van der Waals surface area contributed by atoms with Crippen molar-refractivity contribution in [3.63, 3.8) is 0 Å². The Morgan fingerprint density at radius 1 is 1.44 bits per heavy atom. The van der Waals surface area contributed by atoms with Crippen molar-refractivity contribution in [2.75, 3.05) is 20.1 Å². The minimum atomic E-state index is -0.239. The van der Waals surface area contributed by atoms with Gasteiger partial charge in [-0.25, -0.2) is 4.39 Å². The van der Waals surface area contributed by atoms with Gasteiger partial charge < -0.3 is 9.32 Å². The Morgan fingerprint density at radius 3 is 3.06 bits per heavy atom. The Morgan fingerprint density at radius 2 is 2.31 bits per heavy atom. The largest absolute Gasteiger partial charge is 0.464 e. The summed E-state index contributed by atoms with van der Waals surface area (Å²) >= 11 is 0. The second kappa shape index (κ2) is 3.59. The minimum absolute atomic E-state index is 0.239. The molecule has 1 aliphatic heterocycles. The highest BCUT2D eigenvalue weighted by molar-refractivity contribution is 5.81. The Bertz CT molecular complexity index is 520. The molecule has 3 rings (SSSR count). The molecule has 0 N–H and O–H groups in total. The van der Waals surface area contributed by atoms with Gasteiger partial charge in [0.15, 0.2) is 0 Å². The van der Waals surface area contributed by atoms with E-state index in [-0.39, 0.29) is 5.82 Å². The summed E-state index contributed by atoms with van der Waals surface area (Å²) in [7, 11) is 2.13. The monoisotopic (exact) mass is 219 g/mol. The summed E-state index contributed by atoms with van der Waals surface area (Å²) in [4.78, 5) is 2.31. The van der Waals surface area contributed by atoms with E-state index in [1.807, 2.05) is 6.07 Å². The highest BCUT2D eigenvalue weighted by atomic mass is 19.1. The van der Waals surface area contributed by atoms with Crippen molar-refractivity contribution in [3.8, 4) is 0 Å². The summed E-state index contributed by atoms with van der Waals surface area (Å²) in [5.41, 5.74) is 1.88. The molecule has 2 aromatic rings. The van der Waals surface area contributed by atoms with E-state index in [4.69, 9.17) is 4.42 Å². The zero-order valence-electron chi connectivity index (χ0n) is 9.24. The molecule has 84 valence electrons. The highest BCUT2D eigenvalue weighted by Crippen LogP contribution is 2.33. The Kier molecular flexibility index (Phi) is 2.21. The van der Waals surface area contributed by atoms with E-state index in [1.165, 1.54) is 17.7 Å². The fraction of sp³-hybridized carbons (Fsp3) is 0.385. The summed E-state index contributed by atoms with van der Waals surface area (Å²) in [6.07, 6.45) is 2.94. The molecule has 0 radical (unpaired) electrons. The molecule has 1 aliphatic rings. The third-order valence-corrected chi connectivity index (χ3v) is 3.40. The first kappa shape index (κ1) is 9.85. The maximum Gasteiger partial charge on any atom is 0.137 e. The average molecular weight is 219 g/mol. The SMILES string of the molecule is CN1CC[C@@H](c2coc3cc(F)ccc23)C1. The predicted molar refractivity (Wildman–Crippen MR) is 61.0 cm³/mol. The Balaban J connectivity index is 2.04. The van der Waals surface area contributed by atoms with Crippen LogP contribution in [0.3, 0.4) is 0 Å². The van der Waals surface area contributed by atoms with E-state index in [2.05, 4.69) is 11.9 Å². The second-order valence-electron chi connectivity index (χ2n) is 4.58. The van der Waals surface area contributed by atoms with Crippen molar-refractivity contribution >= 4 is 11.0 Å². The quantitative estimate of drug-likeness (QED) is 0.733. The molecule has 0 spiro atoms. The summed E-state index contributed by atoms with van der Waals surface area (Å²) in [5.74, 6) is 0.286. The summed E-state index contributed by atoms with van der Waals surface area (Å²) in [6.45, 7) is 2.19. The first-order valence-electron chi connectivity index (χ1n) is 5.59. The van der Waals surface area contributed by atoms with Crippen molar-refractivity contribution < 1.29 is 8.81 Å². The van der Waals surface area contributed by atoms with Gasteiger partial charge in [0.05, 0.1) is 6.26 Å². The second-order valence-corrected chi connectivity index (χ2v) is 4.58. The van der Waals surface area contributed by atoms with Crippen LogP contribution in [-0.4, -0.2) is 25.0 Å². The van der Waals surface area contributed by atoms with Crippen molar-refractivity contribution in [1.82, 2.24) is 4.90 Å². The van der Waals surface area contributed by atoms with Crippen LogP contribution in [-0.2, 0) is 0 Å². The summed E-state index contributed by atoms with van der Waals surface area (Å²) in [6, 6.07) is 4.78. The van der Waals surface area contributed by atoms with E-state index >= 15 is 0 Å². The molecule has 1 saturated heterocycles. The molecule has 2 heterocycles. The molecule has 0 aliphatic carbocycles.